The summed E-state index contributed by atoms with van der Waals surface area (Å²) in [4.78, 5) is 44.4. The summed E-state index contributed by atoms with van der Waals surface area (Å²) in [6, 6.07) is 16.3. The zero-order valence-electron chi connectivity index (χ0n) is 21.7. The van der Waals surface area contributed by atoms with Crippen molar-refractivity contribution in [3.63, 3.8) is 0 Å². The molecule has 2 amide bonds. The minimum Gasteiger partial charge on any atom is -0.381 e. The molecule has 0 radical (unpaired) electrons. The molecule has 4 aromatic rings. The van der Waals surface area contributed by atoms with E-state index in [0.29, 0.717) is 34.8 Å². The standard InChI is InChI=1S/C29H29N5O4/c1-5-23-25-20(13-16(2)31-26(25)28(36)32-21-8-6-7-19(14-21)27(30)35)15-34(23)22-11-9-18(10-12-22)24-17(3)38-33(4)29(24)37/h6-14,23H,5,15H2,1-4H3,(H2,30,35)(H,32,36). The quantitative estimate of drug-likeness (QED) is 0.393. The van der Waals surface area contributed by atoms with E-state index in [-0.39, 0.29) is 17.5 Å². The van der Waals surface area contributed by atoms with E-state index in [2.05, 4.69) is 22.1 Å². The number of hydrogen-bond acceptors (Lipinski definition) is 6. The maximum Gasteiger partial charge on any atom is 0.290 e. The number of rotatable bonds is 6. The number of nitrogens with zero attached hydrogens (tertiary/aromatic N) is 3. The van der Waals surface area contributed by atoms with E-state index in [4.69, 9.17) is 10.3 Å². The lowest BCUT2D eigenvalue weighted by atomic mass is 9.99. The molecule has 0 spiro atoms. The van der Waals surface area contributed by atoms with Crippen molar-refractivity contribution >= 4 is 23.2 Å². The number of pyridine rings is 1. The van der Waals surface area contributed by atoms with Crippen molar-refractivity contribution in [2.45, 2.75) is 39.8 Å². The van der Waals surface area contributed by atoms with E-state index in [1.54, 1.807) is 38.2 Å². The number of aromatic nitrogens is 2. The Morgan fingerprint density at radius 3 is 2.50 bits per heavy atom. The molecule has 1 aliphatic rings. The van der Waals surface area contributed by atoms with Crippen molar-refractivity contribution in [1.82, 2.24) is 9.72 Å². The van der Waals surface area contributed by atoms with Crippen molar-refractivity contribution in [2.24, 2.45) is 12.8 Å². The van der Waals surface area contributed by atoms with Crippen LogP contribution in [0.2, 0.25) is 0 Å². The van der Waals surface area contributed by atoms with Gasteiger partial charge in [0.05, 0.1) is 11.6 Å². The number of carbonyl (C=O) groups is 2. The summed E-state index contributed by atoms with van der Waals surface area (Å²) in [7, 11) is 1.60. The molecule has 38 heavy (non-hydrogen) atoms. The Hall–Kier alpha value is -4.66. The fraction of sp³-hybridized carbons (Fsp3) is 0.241. The van der Waals surface area contributed by atoms with E-state index < -0.39 is 5.91 Å². The Kier molecular flexibility index (Phi) is 6.36. The van der Waals surface area contributed by atoms with Gasteiger partial charge in [0.15, 0.2) is 0 Å². The van der Waals surface area contributed by atoms with E-state index in [1.165, 1.54) is 4.74 Å². The maximum atomic E-state index is 13.4. The number of amides is 2. The molecule has 0 bridgehead atoms. The van der Waals surface area contributed by atoms with Crippen molar-refractivity contribution in [2.75, 3.05) is 10.2 Å². The molecule has 0 saturated carbocycles. The first-order valence-electron chi connectivity index (χ1n) is 12.4. The summed E-state index contributed by atoms with van der Waals surface area (Å²) < 4.78 is 6.67. The number of anilines is 2. The van der Waals surface area contributed by atoms with Gasteiger partial charge in [-0.3, -0.25) is 14.4 Å². The minimum atomic E-state index is -0.563. The number of primary amides is 1. The second-order valence-corrected chi connectivity index (χ2v) is 9.51. The van der Waals surface area contributed by atoms with E-state index in [0.717, 1.165) is 34.5 Å². The molecule has 1 unspecified atom stereocenters. The monoisotopic (exact) mass is 511 g/mol. The summed E-state index contributed by atoms with van der Waals surface area (Å²) in [5.74, 6) is -0.330. The molecule has 9 nitrogen and oxygen atoms in total. The first kappa shape index (κ1) is 25.0. The molecule has 3 heterocycles. The van der Waals surface area contributed by atoms with Crippen LogP contribution >= 0.6 is 0 Å². The second kappa shape index (κ2) is 9.66. The minimum absolute atomic E-state index is 0.0646. The first-order valence-corrected chi connectivity index (χ1v) is 12.4. The van der Waals surface area contributed by atoms with Crippen LogP contribution in [0.1, 0.15) is 62.8 Å². The Balaban J connectivity index is 1.47. The van der Waals surface area contributed by atoms with Crippen LogP contribution in [0.3, 0.4) is 0 Å². The summed E-state index contributed by atoms with van der Waals surface area (Å²) in [6.45, 7) is 6.36. The lowest BCUT2D eigenvalue weighted by molar-refractivity contribution is 0.0995. The zero-order valence-corrected chi connectivity index (χ0v) is 21.7. The highest BCUT2D eigenvalue weighted by molar-refractivity contribution is 6.05. The van der Waals surface area contributed by atoms with Gasteiger partial charge in [-0.15, -0.1) is 0 Å². The Bertz CT molecular complexity index is 1620. The average Bonchev–Trinajstić information content (AvgIpc) is 3.38. The highest BCUT2D eigenvalue weighted by atomic mass is 16.5. The third kappa shape index (κ3) is 4.36. The molecule has 1 aliphatic heterocycles. The fourth-order valence-electron chi connectivity index (χ4n) is 5.26. The van der Waals surface area contributed by atoms with E-state index in [1.807, 2.05) is 37.3 Å². The van der Waals surface area contributed by atoms with Gasteiger partial charge >= 0.3 is 0 Å². The molecule has 1 atom stereocenters. The molecule has 0 saturated heterocycles. The molecule has 9 heteroatoms. The third-order valence-corrected chi connectivity index (χ3v) is 6.94. The lowest BCUT2D eigenvalue weighted by Crippen LogP contribution is -2.23. The van der Waals surface area contributed by atoms with Crippen LogP contribution in [-0.4, -0.2) is 21.5 Å². The van der Waals surface area contributed by atoms with Gasteiger partial charge in [-0.1, -0.05) is 25.1 Å². The van der Waals surface area contributed by atoms with Gasteiger partial charge in [0, 0.05) is 41.8 Å². The number of nitrogens with two attached hydrogens (primary N) is 1. The lowest BCUT2D eigenvalue weighted by Gasteiger charge is -2.27. The van der Waals surface area contributed by atoms with Gasteiger partial charge in [-0.25, -0.2) is 4.98 Å². The molecule has 0 aliphatic carbocycles. The van der Waals surface area contributed by atoms with Crippen LogP contribution in [0, 0.1) is 13.8 Å². The van der Waals surface area contributed by atoms with Gasteiger partial charge in [-0.2, -0.15) is 4.74 Å². The van der Waals surface area contributed by atoms with Gasteiger partial charge in [0.25, 0.3) is 11.5 Å². The molecule has 194 valence electrons. The van der Waals surface area contributed by atoms with Crippen LogP contribution in [-0.2, 0) is 13.6 Å². The third-order valence-electron chi connectivity index (χ3n) is 6.94. The van der Waals surface area contributed by atoms with Gasteiger partial charge < -0.3 is 20.5 Å². The predicted molar refractivity (Wildman–Crippen MR) is 145 cm³/mol. The number of fused-ring (bicyclic) bond motifs is 1. The summed E-state index contributed by atoms with van der Waals surface area (Å²) in [6.07, 6.45) is 0.762. The topological polar surface area (TPSA) is 123 Å². The Morgan fingerprint density at radius 1 is 1.13 bits per heavy atom. The van der Waals surface area contributed by atoms with E-state index >= 15 is 0 Å². The second-order valence-electron chi connectivity index (χ2n) is 9.51. The molecule has 2 aromatic carbocycles. The molecular weight excluding hydrogens is 482 g/mol. The van der Waals surface area contributed by atoms with Crippen LogP contribution in [0.25, 0.3) is 11.1 Å². The maximum absolute atomic E-state index is 13.4. The smallest absolute Gasteiger partial charge is 0.290 e. The Labute approximate surface area is 219 Å². The fourth-order valence-corrected chi connectivity index (χ4v) is 5.26. The SMILES string of the molecule is CCC1c2c(cc(C)nc2C(=O)Nc2cccc(C(N)=O)c2)CN1c1ccc(-c2c(C)on(C)c2=O)cc1. The molecule has 3 N–H and O–H groups in total. The number of aryl methyl sites for hydroxylation is 3. The summed E-state index contributed by atoms with van der Waals surface area (Å²) in [5.41, 5.74) is 11.4. The summed E-state index contributed by atoms with van der Waals surface area (Å²) in [5, 5.41) is 2.88. The number of benzene rings is 2. The van der Waals surface area contributed by atoms with Crippen molar-refractivity contribution in [1.29, 1.82) is 0 Å². The average molecular weight is 512 g/mol. The van der Waals surface area contributed by atoms with Crippen molar-refractivity contribution in [3.05, 3.63) is 98.8 Å². The molecule has 5 rings (SSSR count). The van der Waals surface area contributed by atoms with Crippen LogP contribution in [0.15, 0.2) is 63.9 Å². The zero-order chi connectivity index (χ0) is 27.1. The summed E-state index contributed by atoms with van der Waals surface area (Å²) >= 11 is 0. The molecular formula is C29H29N5O4. The van der Waals surface area contributed by atoms with Gasteiger partial charge in [-0.05, 0) is 67.8 Å². The van der Waals surface area contributed by atoms with Gasteiger partial charge in [0.1, 0.15) is 11.5 Å². The highest BCUT2D eigenvalue weighted by Crippen LogP contribution is 2.41. The van der Waals surface area contributed by atoms with Crippen molar-refractivity contribution in [3.8, 4) is 11.1 Å². The van der Waals surface area contributed by atoms with Crippen LogP contribution in [0.4, 0.5) is 11.4 Å². The number of nitrogens with one attached hydrogen (secondary N) is 1. The Morgan fingerprint density at radius 2 is 1.87 bits per heavy atom. The predicted octanol–water partition coefficient (Wildman–Crippen LogP) is 4.48. The molecule has 0 fully saturated rings. The largest absolute Gasteiger partial charge is 0.381 e. The normalized spacial score (nSPS) is 14.4. The van der Waals surface area contributed by atoms with Crippen LogP contribution in [0.5, 0.6) is 0 Å². The number of carbonyl (C=O) groups excluding carboxylic acids is 2. The van der Waals surface area contributed by atoms with E-state index in [9.17, 15) is 14.4 Å². The first-order chi connectivity index (χ1) is 18.2. The van der Waals surface area contributed by atoms with Gasteiger partial charge in [0.2, 0.25) is 5.91 Å². The highest BCUT2D eigenvalue weighted by Gasteiger charge is 2.34. The molecule has 2 aromatic heterocycles. The van der Waals surface area contributed by atoms with Crippen LogP contribution < -0.4 is 21.5 Å². The number of hydrogen-bond donors (Lipinski definition) is 2. The van der Waals surface area contributed by atoms with Crippen molar-refractivity contribution < 1.29 is 14.1 Å².